The Morgan fingerprint density at radius 1 is 1.10 bits per heavy atom. The largest absolute Gasteiger partial charge is 0.385 e. The van der Waals surface area contributed by atoms with Crippen molar-refractivity contribution in [2.24, 2.45) is 0 Å². The first kappa shape index (κ1) is 21.5. The van der Waals surface area contributed by atoms with Crippen LogP contribution in [0.25, 0.3) is 5.82 Å². The summed E-state index contributed by atoms with van der Waals surface area (Å²) in [6.45, 7) is 7.91. The van der Waals surface area contributed by atoms with Gasteiger partial charge in [0.15, 0.2) is 5.11 Å². The molecule has 7 heteroatoms. The predicted molar refractivity (Wildman–Crippen MR) is 126 cm³/mol. The van der Waals surface area contributed by atoms with E-state index in [1.165, 1.54) is 16.8 Å². The van der Waals surface area contributed by atoms with Crippen LogP contribution in [-0.2, 0) is 4.74 Å². The van der Waals surface area contributed by atoms with Gasteiger partial charge in [-0.25, -0.2) is 4.98 Å². The Morgan fingerprint density at radius 3 is 2.65 bits per heavy atom. The van der Waals surface area contributed by atoms with Gasteiger partial charge in [0.05, 0.1) is 17.8 Å². The maximum absolute atomic E-state index is 5.76. The molecule has 1 aliphatic rings. The molecule has 0 aromatic carbocycles. The zero-order valence-electron chi connectivity index (χ0n) is 18.5. The van der Waals surface area contributed by atoms with E-state index in [1.54, 1.807) is 7.11 Å². The van der Waals surface area contributed by atoms with Gasteiger partial charge in [-0.3, -0.25) is 4.98 Å². The van der Waals surface area contributed by atoms with Gasteiger partial charge in [-0.15, -0.1) is 0 Å². The van der Waals surface area contributed by atoms with E-state index in [-0.39, 0.29) is 12.1 Å². The smallest absolute Gasteiger partial charge is 0.170 e. The molecule has 2 atom stereocenters. The van der Waals surface area contributed by atoms with E-state index < -0.39 is 0 Å². The minimum atomic E-state index is -0.0179. The van der Waals surface area contributed by atoms with Crippen LogP contribution in [0.2, 0.25) is 0 Å². The normalized spacial score (nSPS) is 18.5. The number of nitrogens with zero attached hydrogens (tertiary/aromatic N) is 4. The average Bonchev–Trinajstić information content (AvgIpc) is 3.24. The molecule has 0 spiro atoms. The third kappa shape index (κ3) is 4.20. The molecule has 6 nitrogen and oxygen atoms in total. The predicted octanol–water partition coefficient (Wildman–Crippen LogP) is 4.20. The average molecular weight is 436 g/mol. The number of nitrogens with one attached hydrogen (secondary N) is 1. The minimum absolute atomic E-state index is 0.0179. The van der Waals surface area contributed by atoms with Crippen LogP contribution in [0.5, 0.6) is 0 Å². The zero-order valence-corrected chi connectivity index (χ0v) is 19.3. The van der Waals surface area contributed by atoms with Crippen LogP contribution < -0.4 is 5.32 Å². The van der Waals surface area contributed by atoms with E-state index in [9.17, 15) is 0 Å². The Kier molecular flexibility index (Phi) is 6.34. The third-order valence-electron chi connectivity index (χ3n) is 5.86. The number of hydrogen-bond acceptors (Lipinski definition) is 4. The lowest BCUT2D eigenvalue weighted by Crippen LogP contribution is -2.31. The molecular formula is C24H29N5OS. The van der Waals surface area contributed by atoms with E-state index in [0.29, 0.717) is 6.61 Å². The van der Waals surface area contributed by atoms with Crippen molar-refractivity contribution in [1.29, 1.82) is 0 Å². The number of aryl methyl sites for hydroxylation is 2. The summed E-state index contributed by atoms with van der Waals surface area (Å²) in [7, 11) is 1.73. The fraction of sp³-hybridized carbons (Fsp3) is 0.375. The minimum Gasteiger partial charge on any atom is -0.385 e. The van der Waals surface area contributed by atoms with Gasteiger partial charge >= 0.3 is 0 Å². The van der Waals surface area contributed by atoms with Crippen molar-refractivity contribution in [2.45, 2.75) is 39.3 Å². The van der Waals surface area contributed by atoms with E-state index in [1.807, 2.05) is 30.6 Å². The second-order valence-corrected chi connectivity index (χ2v) is 8.41. The highest BCUT2D eigenvalue weighted by Gasteiger charge is 2.41. The summed E-state index contributed by atoms with van der Waals surface area (Å²) in [6.07, 6.45) is 4.61. The lowest BCUT2D eigenvalue weighted by Gasteiger charge is -2.28. The van der Waals surface area contributed by atoms with Crippen molar-refractivity contribution < 1.29 is 4.74 Å². The number of ether oxygens (including phenoxy) is 1. The number of rotatable bonds is 7. The summed E-state index contributed by atoms with van der Waals surface area (Å²) < 4.78 is 7.52. The van der Waals surface area contributed by atoms with Crippen LogP contribution in [0, 0.1) is 20.8 Å². The van der Waals surface area contributed by atoms with Crippen molar-refractivity contribution in [2.75, 3.05) is 20.3 Å². The van der Waals surface area contributed by atoms with Crippen LogP contribution in [-0.4, -0.2) is 44.8 Å². The zero-order chi connectivity index (χ0) is 22.0. The van der Waals surface area contributed by atoms with Crippen LogP contribution in [0.15, 0.2) is 48.8 Å². The second kappa shape index (κ2) is 9.16. The highest BCUT2D eigenvalue weighted by atomic mass is 32.1. The Balaban J connectivity index is 1.79. The topological polar surface area (TPSA) is 55.2 Å². The molecular weight excluding hydrogens is 406 g/mol. The molecule has 1 aliphatic heterocycles. The molecule has 162 valence electrons. The van der Waals surface area contributed by atoms with Gasteiger partial charge in [0.1, 0.15) is 5.82 Å². The maximum Gasteiger partial charge on any atom is 0.170 e. The summed E-state index contributed by atoms with van der Waals surface area (Å²) in [5, 5.41) is 4.29. The molecule has 1 saturated heterocycles. The molecule has 0 aliphatic carbocycles. The lowest BCUT2D eigenvalue weighted by molar-refractivity contribution is 0.180. The first-order valence-electron chi connectivity index (χ1n) is 10.6. The SMILES string of the molecule is COCCCN1C(=S)N[C@H](c2ccccn2)[C@H]1c1cc(C)n(-c2cc(C)ccn2)c1C. The van der Waals surface area contributed by atoms with Crippen molar-refractivity contribution in [3.8, 4) is 5.82 Å². The van der Waals surface area contributed by atoms with Gasteiger partial charge < -0.3 is 19.5 Å². The Bertz CT molecular complexity index is 1070. The fourth-order valence-corrected chi connectivity index (χ4v) is 4.78. The Morgan fingerprint density at radius 2 is 1.94 bits per heavy atom. The number of hydrogen-bond donors (Lipinski definition) is 1. The van der Waals surface area contributed by atoms with Crippen molar-refractivity contribution in [3.63, 3.8) is 0 Å². The molecule has 0 unspecified atom stereocenters. The number of methoxy groups -OCH3 is 1. The van der Waals surface area contributed by atoms with Gasteiger partial charge in [0, 0.05) is 44.0 Å². The standard InChI is InChI=1S/C24H29N5OS/c1-16-9-11-26-21(14-16)29-17(2)15-19(18(29)3)23-22(20-8-5-6-10-25-20)27-24(31)28(23)12-7-13-30-4/h5-6,8-11,14-15,22-23H,7,12-13H2,1-4H3,(H,27,31)/t22-,23-/m1/s1. The van der Waals surface area contributed by atoms with Gasteiger partial charge in [-0.2, -0.15) is 0 Å². The van der Waals surface area contributed by atoms with Gasteiger partial charge in [-0.1, -0.05) is 6.07 Å². The number of pyridine rings is 2. The van der Waals surface area contributed by atoms with E-state index >= 15 is 0 Å². The van der Waals surface area contributed by atoms with Gasteiger partial charge in [0.25, 0.3) is 0 Å². The molecule has 1 fully saturated rings. The fourth-order valence-electron chi connectivity index (χ4n) is 4.45. The van der Waals surface area contributed by atoms with Crippen LogP contribution in [0.4, 0.5) is 0 Å². The van der Waals surface area contributed by atoms with Crippen LogP contribution in [0.3, 0.4) is 0 Å². The van der Waals surface area contributed by atoms with Gasteiger partial charge in [-0.05, 0) is 80.9 Å². The lowest BCUT2D eigenvalue weighted by atomic mass is 9.96. The van der Waals surface area contributed by atoms with Crippen LogP contribution in [0.1, 0.15) is 46.7 Å². The summed E-state index contributed by atoms with van der Waals surface area (Å²) in [6, 6.07) is 12.5. The Labute approximate surface area is 189 Å². The molecule has 4 rings (SSSR count). The van der Waals surface area contributed by atoms with Crippen LogP contribution >= 0.6 is 12.2 Å². The highest BCUT2D eigenvalue weighted by molar-refractivity contribution is 7.80. The number of thiocarbonyl (C=S) groups is 1. The monoisotopic (exact) mass is 435 g/mol. The maximum atomic E-state index is 5.76. The van der Waals surface area contributed by atoms with Gasteiger partial charge in [0.2, 0.25) is 0 Å². The summed E-state index contributed by atoms with van der Waals surface area (Å²) >= 11 is 5.76. The first-order valence-corrected chi connectivity index (χ1v) is 11.0. The quantitative estimate of drug-likeness (QED) is 0.443. The second-order valence-electron chi connectivity index (χ2n) is 8.02. The number of aromatic nitrogens is 3. The molecule has 0 amide bonds. The molecule has 3 aromatic heterocycles. The van der Waals surface area contributed by atoms with Crippen molar-refractivity contribution in [3.05, 3.63) is 77.0 Å². The molecule has 4 heterocycles. The molecule has 3 aromatic rings. The Hall–Kier alpha value is -2.77. The molecule has 1 N–H and O–H groups in total. The third-order valence-corrected chi connectivity index (χ3v) is 6.22. The first-order chi connectivity index (χ1) is 15.0. The molecule has 0 saturated carbocycles. The molecule has 0 radical (unpaired) electrons. The summed E-state index contributed by atoms with van der Waals surface area (Å²) in [4.78, 5) is 11.5. The van der Waals surface area contributed by atoms with E-state index in [0.717, 1.165) is 35.3 Å². The van der Waals surface area contributed by atoms with Crippen molar-refractivity contribution in [1.82, 2.24) is 24.8 Å². The molecule has 0 bridgehead atoms. The summed E-state index contributed by atoms with van der Waals surface area (Å²) in [5.41, 5.74) is 5.74. The van der Waals surface area contributed by atoms with E-state index in [2.05, 4.69) is 63.7 Å². The van der Waals surface area contributed by atoms with E-state index in [4.69, 9.17) is 17.0 Å². The molecule has 31 heavy (non-hydrogen) atoms. The van der Waals surface area contributed by atoms with Crippen molar-refractivity contribution >= 4 is 17.3 Å². The summed E-state index contributed by atoms with van der Waals surface area (Å²) in [5.74, 6) is 0.940. The highest BCUT2D eigenvalue weighted by Crippen LogP contribution is 2.41.